The molecular formula is C43H55F3N10O7S. The van der Waals surface area contributed by atoms with E-state index in [1.165, 1.54) is 27.7 Å². The number of nitrogens with one attached hydrogen (secondary N) is 3. The number of anilines is 4. The third-order valence-corrected chi connectivity index (χ3v) is 14.3. The summed E-state index contributed by atoms with van der Waals surface area (Å²) >= 11 is 0. The first-order valence-corrected chi connectivity index (χ1v) is 23.1. The van der Waals surface area contributed by atoms with E-state index in [0.29, 0.717) is 61.4 Å². The van der Waals surface area contributed by atoms with Gasteiger partial charge in [0.05, 0.1) is 39.4 Å². The maximum absolute atomic E-state index is 14.0. The Morgan fingerprint density at radius 1 is 1.02 bits per heavy atom. The number of amides is 2. The predicted molar refractivity (Wildman–Crippen MR) is 233 cm³/mol. The Hall–Kier alpha value is -5.09. The number of piperidine rings is 3. The molecule has 4 aliphatic heterocycles. The zero-order valence-electron chi connectivity index (χ0n) is 36.4. The van der Waals surface area contributed by atoms with Gasteiger partial charge in [-0.3, -0.25) is 28.9 Å². The highest BCUT2D eigenvalue weighted by atomic mass is 32.2. The molecule has 64 heavy (non-hydrogen) atoms. The van der Waals surface area contributed by atoms with Crippen LogP contribution in [0.2, 0.25) is 0 Å². The van der Waals surface area contributed by atoms with Gasteiger partial charge in [0.15, 0.2) is 0 Å². The van der Waals surface area contributed by atoms with Gasteiger partial charge < -0.3 is 25.0 Å². The van der Waals surface area contributed by atoms with Crippen molar-refractivity contribution in [2.75, 3.05) is 74.1 Å². The molecule has 1 unspecified atom stereocenters. The number of benzene rings is 2. The first kappa shape index (κ1) is 45.5. The van der Waals surface area contributed by atoms with Gasteiger partial charge in [-0.25, -0.2) is 22.9 Å². The minimum Gasteiger partial charge on any atom is -0.388 e. The number of fused-ring (bicyclic) bond motifs is 1. The fourth-order valence-corrected chi connectivity index (χ4v) is 10.8. The summed E-state index contributed by atoms with van der Waals surface area (Å²) in [6.07, 6.45) is -0.820. The Morgan fingerprint density at radius 2 is 1.78 bits per heavy atom. The van der Waals surface area contributed by atoms with Crippen LogP contribution in [0, 0.1) is 12.8 Å². The molecule has 21 heteroatoms. The first-order chi connectivity index (χ1) is 30.2. The summed E-state index contributed by atoms with van der Waals surface area (Å²) in [6, 6.07) is 9.35. The van der Waals surface area contributed by atoms with E-state index in [1.807, 2.05) is 25.1 Å². The van der Waals surface area contributed by atoms with Gasteiger partial charge in [0, 0.05) is 77.7 Å². The van der Waals surface area contributed by atoms with Crippen molar-refractivity contribution in [2.45, 2.75) is 87.6 Å². The number of carbonyl (C=O) groups excluding carboxylic acids is 2. The molecule has 4 N–H and O–H groups in total. The smallest absolute Gasteiger partial charge is 0.388 e. The molecule has 3 atom stereocenters. The molecule has 4 saturated heterocycles. The van der Waals surface area contributed by atoms with Crippen molar-refractivity contribution in [3.8, 4) is 0 Å². The minimum absolute atomic E-state index is 0.00597. The number of imidazole rings is 1. The number of aliphatic hydroxyl groups is 1. The molecule has 2 aromatic heterocycles. The van der Waals surface area contributed by atoms with Gasteiger partial charge in [0.1, 0.15) is 17.4 Å². The molecule has 346 valence electrons. The lowest BCUT2D eigenvalue weighted by Gasteiger charge is -2.43. The van der Waals surface area contributed by atoms with Crippen molar-refractivity contribution in [1.29, 1.82) is 0 Å². The quantitative estimate of drug-likeness (QED) is 0.159. The molecule has 2 aromatic carbocycles. The molecule has 2 amide bonds. The van der Waals surface area contributed by atoms with Gasteiger partial charge >= 0.3 is 11.9 Å². The normalized spacial score (nSPS) is 24.3. The number of imide groups is 1. The average molecular weight is 913 g/mol. The number of aryl methyl sites for hydroxylation is 2. The summed E-state index contributed by atoms with van der Waals surface area (Å²) in [5.41, 5.74) is -0.0738. The molecule has 0 aliphatic carbocycles. The minimum atomic E-state index is -4.71. The zero-order valence-corrected chi connectivity index (χ0v) is 37.2. The Labute approximate surface area is 369 Å². The van der Waals surface area contributed by atoms with E-state index in [-0.39, 0.29) is 60.7 Å². The van der Waals surface area contributed by atoms with Crippen molar-refractivity contribution in [3.05, 3.63) is 64.2 Å². The summed E-state index contributed by atoms with van der Waals surface area (Å²) in [4.78, 5) is 52.1. The van der Waals surface area contributed by atoms with Crippen LogP contribution in [-0.4, -0.2) is 120 Å². The van der Waals surface area contributed by atoms with Gasteiger partial charge in [-0.1, -0.05) is 6.07 Å². The van der Waals surface area contributed by atoms with Crippen LogP contribution < -0.4 is 30.8 Å². The van der Waals surface area contributed by atoms with Crippen molar-refractivity contribution < 1.29 is 41.0 Å². The molecule has 4 aliphatic rings. The van der Waals surface area contributed by atoms with Crippen LogP contribution in [0.15, 0.2) is 52.3 Å². The summed E-state index contributed by atoms with van der Waals surface area (Å²) in [5.74, 6) is -0.873. The van der Waals surface area contributed by atoms with Crippen molar-refractivity contribution in [1.82, 2.24) is 34.0 Å². The van der Waals surface area contributed by atoms with Crippen LogP contribution in [0.5, 0.6) is 0 Å². The maximum Gasteiger partial charge on any atom is 0.421 e. The lowest BCUT2D eigenvalue weighted by Crippen LogP contribution is -2.56. The molecule has 4 aromatic rings. The second-order valence-electron chi connectivity index (χ2n) is 18.2. The molecule has 0 radical (unpaired) electrons. The SMILES string of the molecule is Cc1cc(S(=O)(=O)NC[C@@]2(C)CN(CC3CCN(c4cccc5c4n(C)c(=O)n5C4CCC(=O)NC4=O)CC3)CCO2)ccc1Nc1ncc(C(F)(F)F)c(N2CCC[C@](C)(O)C2)n1. The number of morpholine rings is 1. The van der Waals surface area contributed by atoms with Gasteiger partial charge in [0.2, 0.25) is 27.8 Å². The topological polar surface area (TPSA) is 196 Å². The first-order valence-electron chi connectivity index (χ1n) is 21.6. The van der Waals surface area contributed by atoms with Crippen LogP contribution in [0.4, 0.5) is 36.3 Å². The number of hydrogen-bond acceptors (Lipinski definition) is 13. The van der Waals surface area contributed by atoms with Gasteiger partial charge in [0.25, 0.3) is 0 Å². The lowest BCUT2D eigenvalue weighted by molar-refractivity contribution is -0.138. The van der Waals surface area contributed by atoms with Crippen LogP contribution in [0.3, 0.4) is 0 Å². The standard InChI is InChI=1S/C43H55F3N10O7S/c1-27-21-29(9-10-31(27)49-39-47-22-30(43(44,45)46)37(51-39)55-16-6-15-41(2,60)25-55)64(61,62)48-24-42(3)26-53(19-20-63-42)23-28-13-17-54(18-14-28)32-7-5-8-33-36(32)52(4)40(59)56(33)34-11-12-35(57)50-38(34)58/h5,7-10,21-22,28,34,48,60H,6,11-20,23-26H2,1-4H3,(H,47,49,51)(H,50,57,58)/t34?,41-,42-/m0/s1. The van der Waals surface area contributed by atoms with E-state index in [1.54, 1.807) is 25.5 Å². The monoisotopic (exact) mass is 912 g/mol. The molecule has 0 saturated carbocycles. The van der Waals surface area contributed by atoms with E-state index in [2.05, 4.69) is 35.1 Å². The predicted octanol–water partition coefficient (Wildman–Crippen LogP) is 3.82. The Balaban J connectivity index is 0.869. The molecule has 0 spiro atoms. The van der Waals surface area contributed by atoms with Crippen molar-refractivity contribution in [2.24, 2.45) is 13.0 Å². The molecule has 0 bridgehead atoms. The molecule has 17 nitrogen and oxygen atoms in total. The maximum atomic E-state index is 14.0. The number of rotatable bonds is 11. The highest BCUT2D eigenvalue weighted by Crippen LogP contribution is 2.38. The van der Waals surface area contributed by atoms with E-state index >= 15 is 0 Å². The molecule has 6 heterocycles. The number of halogens is 3. The fraction of sp³-hybridized carbons (Fsp3) is 0.558. The Morgan fingerprint density at radius 3 is 2.48 bits per heavy atom. The zero-order chi connectivity index (χ0) is 45.8. The third kappa shape index (κ3) is 9.49. The molecule has 8 rings (SSSR count). The largest absolute Gasteiger partial charge is 0.421 e. The summed E-state index contributed by atoms with van der Waals surface area (Å²) < 4.78 is 81.1. The van der Waals surface area contributed by atoms with E-state index in [4.69, 9.17) is 4.74 Å². The molecule has 4 fully saturated rings. The highest BCUT2D eigenvalue weighted by molar-refractivity contribution is 7.89. The number of hydrogen-bond donors (Lipinski definition) is 4. The number of sulfonamides is 1. The van der Waals surface area contributed by atoms with Gasteiger partial charge in [-0.2, -0.15) is 18.2 Å². The second-order valence-corrected chi connectivity index (χ2v) is 19.9. The number of carbonyl (C=O) groups is 2. The van der Waals surface area contributed by atoms with E-state index < -0.39 is 44.9 Å². The average Bonchev–Trinajstić information content (AvgIpc) is 3.49. The van der Waals surface area contributed by atoms with Crippen molar-refractivity contribution in [3.63, 3.8) is 0 Å². The number of alkyl halides is 3. The fourth-order valence-electron chi connectivity index (χ4n) is 9.58. The van der Waals surface area contributed by atoms with Crippen molar-refractivity contribution >= 4 is 56.0 Å². The van der Waals surface area contributed by atoms with Gasteiger partial charge in [-0.15, -0.1) is 0 Å². The second kappa shape index (κ2) is 17.4. The number of aromatic nitrogens is 4. The number of ether oxygens (including phenoxy) is 1. The van der Waals surface area contributed by atoms with Crippen LogP contribution >= 0.6 is 0 Å². The Bertz CT molecular complexity index is 2610. The van der Waals surface area contributed by atoms with Crippen LogP contribution in [0.1, 0.15) is 69.5 Å². The highest BCUT2D eigenvalue weighted by Gasteiger charge is 2.40. The third-order valence-electron chi connectivity index (χ3n) is 12.9. The van der Waals surface area contributed by atoms with E-state index in [9.17, 15) is 41.1 Å². The summed E-state index contributed by atoms with van der Waals surface area (Å²) in [7, 11) is -2.29. The van der Waals surface area contributed by atoms with E-state index in [0.717, 1.165) is 43.7 Å². The molecular weight excluding hydrogens is 858 g/mol. The van der Waals surface area contributed by atoms with Gasteiger partial charge in [-0.05, 0) is 94.7 Å². The number of β-amino-alcohol motifs (C(OH)–C–C–N with tert-alkyl or cyclic N) is 1. The number of para-hydroxylation sites is 1. The summed E-state index contributed by atoms with van der Waals surface area (Å²) in [5, 5.41) is 15.9. The lowest BCUT2D eigenvalue weighted by atomic mass is 9.94. The Kier molecular flexibility index (Phi) is 12.3. The summed E-state index contributed by atoms with van der Waals surface area (Å²) in [6.45, 7) is 9.41. The van der Waals surface area contributed by atoms with Crippen LogP contribution in [0.25, 0.3) is 11.0 Å². The number of nitrogens with zero attached hydrogens (tertiary/aromatic N) is 7. The van der Waals surface area contributed by atoms with Crippen LogP contribution in [-0.2, 0) is 37.6 Å².